The van der Waals surface area contributed by atoms with Gasteiger partial charge < -0.3 is 19.9 Å². The predicted molar refractivity (Wildman–Crippen MR) is 56.5 cm³/mol. The van der Waals surface area contributed by atoms with Gasteiger partial charge in [-0.2, -0.15) is 0 Å². The van der Waals surface area contributed by atoms with Gasteiger partial charge in [0.2, 0.25) is 0 Å². The summed E-state index contributed by atoms with van der Waals surface area (Å²) in [4.78, 5) is 0. The molecule has 0 spiro atoms. The summed E-state index contributed by atoms with van der Waals surface area (Å²) in [5, 5.41) is 12.3. The molecule has 4 nitrogen and oxygen atoms in total. The highest BCUT2D eigenvalue weighted by atomic mass is 16.5. The number of likely N-dealkylation sites (N-methyl/N-ethyl adjacent to an activating group) is 1. The molecule has 14 heavy (non-hydrogen) atoms. The quantitative estimate of drug-likeness (QED) is 0.563. The second-order valence-corrected chi connectivity index (χ2v) is 3.85. The van der Waals surface area contributed by atoms with E-state index in [4.69, 9.17) is 14.6 Å². The van der Waals surface area contributed by atoms with Gasteiger partial charge in [-0.25, -0.2) is 0 Å². The molecule has 0 aliphatic rings. The maximum absolute atomic E-state index is 9.16. The first kappa shape index (κ1) is 13.8. The standard InChI is InChI=1S/C10H23NO3/c1-9(14-6-5-13-4)7-10(2,8-12)11-3/h9,11-12H,5-8H2,1-4H3. The third-order valence-electron chi connectivity index (χ3n) is 2.38. The molecule has 0 amide bonds. The number of hydrogen-bond acceptors (Lipinski definition) is 4. The van der Waals surface area contributed by atoms with Crippen LogP contribution in [0.5, 0.6) is 0 Å². The van der Waals surface area contributed by atoms with Crippen LogP contribution in [0, 0.1) is 0 Å². The van der Waals surface area contributed by atoms with Crippen molar-refractivity contribution in [2.24, 2.45) is 0 Å². The molecule has 0 saturated carbocycles. The van der Waals surface area contributed by atoms with E-state index < -0.39 is 0 Å². The number of aliphatic hydroxyl groups is 1. The zero-order chi connectivity index (χ0) is 11.0. The van der Waals surface area contributed by atoms with Crippen molar-refractivity contribution in [3.05, 3.63) is 0 Å². The highest BCUT2D eigenvalue weighted by Gasteiger charge is 2.23. The average Bonchev–Trinajstić information content (AvgIpc) is 2.18. The molecule has 0 radical (unpaired) electrons. The molecule has 2 atom stereocenters. The number of ether oxygens (including phenoxy) is 2. The molecule has 2 N–H and O–H groups in total. The lowest BCUT2D eigenvalue weighted by molar-refractivity contribution is 0.00361. The zero-order valence-corrected chi connectivity index (χ0v) is 9.67. The van der Waals surface area contributed by atoms with Gasteiger partial charge in [-0.15, -0.1) is 0 Å². The van der Waals surface area contributed by atoms with Crippen LogP contribution < -0.4 is 5.32 Å². The minimum absolute atomic E-state index is 0.113. The Balaban J connectivity index is 3.73. The number of aliphatic hydroxyl groups excluding tert-OH is 1. The monoisotopic (exact) mass is 205 g/mol. The Labute approximate surface area is 86.6 Å². The Morgan fingerprint density at radius 1 is 1.43 bits per heavy atom. The molecular weight excluding hydrogens is 182 g/mol. The van der Waals surface area contributed by atoms with Crippen LogP contribution in [0.2, 0.25) is 0 Å². The van der Waals surface area contributed by atoms with Crippen LogP contribution in [0.15, 0.2) is 0 Å². The third kappa shape index (κ3) is 5.54. The molecule has 0 saturated heterocycles. The summed E-state index contributed by atoms with van der Waals surface area (Å²) >= 11 is 0. The van der Waals surface area contributed by atoms with E-state index in [1.54, 1.807) is 7.11 Å². The number of methoxy groups -OCH3 is 1. The van der Waals surface area contributed by atoms with Crippen LogP contribution in [0.1, 0.15) is 20.3 Å². The van der Waals surface area contributed by atoms with Crippen molar-refractivity contribution in [2.45, 2.75) is 31.9 Å². The van der Waals surface area contributed by atoms with E-state index >= 15 is 0 Å². The smallest absolute Gasteiger partial charge is 0.0703 e. The van der Waals surface area contributed by atoms with Gasteiger partial charge in [-0.1, -0.05) is 0 Å². The van der Waals surface area contributed by atoms with Gasteiger partial charge in [0.15, 0.2) is 0 Å². The van der Waals surface area contributed by atoms with Crippen molar-refractivity contribution in [3.63, 3.8) is 0 Å². The fourth-order valence-corrected chi connectivity index (χ4v) is 1.27. The summed E-state index contributed by atoms with van der Waals surface area (Å²) in [5.41, 5.74) is -0.257. The average molecular weight is 205 g/mol. The normalized spacial score (nSPS) is 17.8. The first-order chi connectivity index (χ1) is 6.58. The second kappa shape index (κ2) is 7.17. The molecule has 0 heterocycles. The van der Waals surface area contributed by atoms with Crippen molar-refractivity contribution in [3.8, 4) is 0 Å². The van der Waals surface area contributed by atoms with Crippen LogP contribution in [-0.4, -0.2) is 50.7 Å². The van der Waals surface area contributed by atoms with E-state index in [9.17, 15) is 0 Å². The fourth-order valence-electron chi connectivity index (χ4n) is 1.27. The Morgan fingerprint density at radius 3 is 2.50 bits per heavy atom. The first-order valence-electron chi connectivity index (χ1n) is 4.98. The van der Waals surface area contributed by atoms with E-state index in [0.717, 1.165) is 6.42 Å². The van der Waals surface area contributed by atoms with E-state index in [2.05, 4.69) is 5.32 Å². The summed E-state index contributed by atoms with van der Waals surface area (Å²) in [6, 6.07) is 0. The lowest BCUT2D eigenvalue weighted by Crippen LogP contribution is -2.46. The van der Waals surface area contributed by atoms with E-state index in [-0.39, 0.29) is 18.2 Å². The molecule has 0 aliphatic carbocycles. The SMILES string of the molecule is CNC(C)(CO)CC(C)OCCOC. The highest BCUT2D eigenvalue weighted by molar-refractivity contribution is 4.82. The predicted octanol–water partition coefficient (Wildman–Crippen LogP) is 0.398. The Bertz CT molecular complexity index is 137. The molecule has 0 fully saturated rings. The topological polar surface area (TPSA) is 50.7 Å². The first-order valence-corrected chi connectivity index (χ1v) is 4.98. The summed E-state index contributed by atoms with van der Waals surface area (Å²) < 4.78 is 10.4. The van der Waals surface area contributed by atoms with Gasteiger partial charge in [0, 0.05) is 12.6 Å². The lowest BCUT2D eigenvalue weighted by Gasteiger charge is -2.29. The maximum Gasteiger partial charge on any atom is 0.0703 e. The largest absolute Gasteiger partial charge is 0.394 e. The van der Waals surface area contributed by atoms with E-state index in [1.807, 2.05) is 20.9 Å². The van der Waals surface area contributed by atoms with Crippen molar-refractivity contribution >= 4 is 0 Å². The van der Waals surface area contributed by atoms with Gasteiger partial charge in [-0.05, 0) is 27.3 Å². The zero-order valence-electron chi connectivity index (χ0n) is 9.67. The Morgan fingerprint density at radius 2 is 2.07 bits per heavy atom. The van der Waals surface area contributed by atoms with Crippen LogP contribution in [0.25, 0.3) is 0 Å². The molecule has 0 aliphatic heterocycles. The number of rotatable bonds is 8. The minimum atomic E-state index is -0.257. The molecule has 0 bridgehead atoms. The van der Waals surface area contributed by atoms with Crippen molar-refractivity contribution < 1.29 is 14.6 Å². The summed E-state index contributed by atoms with van der Waals surface area (Å²) in [6.07, 6.45) is 0.902. The summed E-state index contributed by atoms with van der Waals surface area (Å²) in [5.74, 6) is 0. The molecule has 0 aromatic carbocycles. The van der Waals surface area contributed by atoms with Gasteiger partial charge in [0.1, 0.15) is 0 Å². The number of hydrogen-bond donors (Lipinski definition) is 2. The highest BCUT2D eigenvalue weighted by Crippen LogP contribution is 2.13. The molecule has 4 heteroatoms. The van der Waals surface area contributed by atoms with Gasteiger partial charge in [0.05, 0.1) is 25.9 Å². The van der Waals surface area contributed by atoms with Crippen LogP contribution in [0.4, 0.5) is 0 Å². The molecule has 0 aromatic heterocycles. The molecule has 0 aromatic rings. The van der Waals surface area contributed by atoms with Gasteiger partial charge in [-0.3, -0.25) is 0 Å². The third-order valence-corrected chi connectivity index (χ3v) is 2.38. The molecule has 0 rings (SSSR count). The maximum atomic E-state index is 9.16. The van der Waals surface area contributed by atoms with Crippen LogP contribution in [-0.2, 0) is 9.47 Å². The fraction of sp³-hybridized carbons (Fsp3) is 1.00. The van der Waals surface area contributed by atoms with Crippen LogP contribution >= 0.6 is 0 Å². The second-order valence-electron chi connectivity index (χ2n) is 3.85. The lowest BCUT2D eigenvalue weighted by atomic mass is 9.96. The minimum Gasteiger partial charge on any atom is -0.394 e. The van der Waals surface area contributed by atoms with Crippen molar-refractivity contribution in [2.75, 3.05) is 34.0 Å². The molecule has 2 unspecified atom stereocenters. The van der Waals surface area contributed by atoms with Crippen molar-refractivity contribution in [1.29, 1.82) is 0 Å². The Hall–Kier alpha value is -0.160. The Kier molecular flexibility index (Phi) is 7.09. The van der Waals surface area contributed by atoms with Crippen LogP contribution in [0.3, 0.4) is 0 Å². The van der Waals surface area contributed by atoms with Gasteiger partial charge in [0.25, 0.3) is 0 Å². The van der Waals surface area contributed by atoms with E-state index in [0.29, 0.717) is 13.2 Å². The van der Waals surface area contributed by atoms with E-state index in [1.165, 1.54) is 0 Å². The molecular formula is C10H23NO3. The number of nitrogens with one attached hydrogen (secondary N) is 1. The summed E-state index contributed by atoms with van der Waals surface area (Å²) in [7, 11) is 3.50. The van der Waals surface area contributed by atoms with Gasteiger partial charge >= 0.3 is 0 Å². The molecule has 86 valence electrons. The summed E-state index contributed by atoms with van der Waals surface area (Å²) in [6.45, 7) is 5.30. The van der Waals surface area contributed by atoms with Crippen molar-refractivity contribution in [1.82, 2.24) is 5.32 Å².